The highest BCUT2D eigenvalue weighted by Crippen LogP contribution is 2.37. The first-order valence-corrected chi connectivity index (χ1v) is 13.5. The summed E-state index contributed by atoms with van der Waals surface area (Å²) in [6, 6.07) is 14.3. The molecular weight excluding hydrogens is 448 g/mol. The summed E-state index contributed by atoms with van der Waals surface area (Å²) in [6.45, 7) is 1.84. The standard InChI is InChI=1S/C26H34N4O3S/c1-29(2)11-6-14-34(32,33)30-12-9-20(10-13-30)24-18-28-26-22(17-25(27)31)15-21(16-23(24)26)19-7-4-3-5-8-19/h3-5,7-8,15-16,18,20,28H,6,9-14,17H2,1-2H3,(H2,27,31). The predicted molar refractivity (Wildman–Crippen MR) is 137 cm³/mol. The van der Waals surface area contributed by atoms with Gasteiger partial charge in [-0.1, -0.05) is 30.3 Å². The largest absolute Gasteiger partial charge is 0.369 e. The molecule has 0 atom stereocenters. The summed E-state index contributed by atoms with van der Waals surface area (Å²) in [5, 5.41) is 1.09. The van der Waals surface area contributed by atoms with Crippen molar-refractivity contribution in [3.63, 3.8) is 0 Å². The van der Waals surface area contributed by atoms with E-state index in [2.05, 4.69) is 23.2 Å². The van der Waals surface area contributed by atoms with E-state index in [0.29, 0.717) is 19.5 Å². The van der Waals surface area contributed by atoms with Crippen molar-refractivity contribution < 1.29 is 13.2 Å². The fraction of sp³-hybridized carbons (Fsp3) is 0.423. The number of nitrogens with zero attached hydrogens (tertiary/aromatic N) is 2. The Morgan fingerprint density at radius 3 is 2.47 bits per heavy atom. The van der Waals surface area contributed by atoms with Crippen LogP contribution in [0.4, 0.5) is 0 Å². The van der Waals surface area contributed by atoms with Gasteiger partial charge in [0.2, 0.25) is 15.9 Å². The number of nitrogens with one attached hydrogen (secondary N) is 1. The van der Waals surface area contributed by atoms with Gasteiger partial charge < -0.3 is 15.6 Å². The molecule has 8 heteroatoms. The lowest BCUT2D eigenvalue weighted by Crippen LogP contribution is -2.39. The van der Waals surface area contributed by atoms with Crippen molar-refractivity contribution in [3.05, 3.63) is 59.8 Å². The van der Waals surface area contributed by atoms with Crippen LogP contribution in [-0.2, 0) is 21.2 Å². The number of benzene rings is 2. The zero-order valence-corrected chi connectivity index (χ0v) is 20.8. The summed E-state index contributed by atoms with van der Waals surface area (Å²) in [4.78, 5) is 17.1. The van der Waals surface area contributed by atoms with E-state index in [0.717, 1.165) is 47.0 Å². The van der Waals surface area contributed by atoms with Crippen molar-refractivity contribution >= 4 is 26.8 Å². The van der Waals surface area contributed by atoms with E-state index < -0.39 is 10.0 Å². The Morgan fingerprint density at radius 2 is 1.82 bits per heavy atom. The number of carbonyl (C=O) groups excluding carboxylic acids is 1. The first-order chi connectivity index (χ1) is 16.2. The van der Waals surface area contributed by atoms with Crippen molar-refractivity contribution in [1.82, 2.24) is 14.2 Å². The number of hydrogen-bond acceptors (Lipinski definition) is 4. The number of amides is 1. The third-order valence-electron chi connectivity index (χ3n) is 6.67. The number of rotatable bonds is 9. The van der Waals surface area contributed by atoms with E-state index in [4.69, 9.17) is 5.73 Å². The quantitative estimate of drug-likeness (QED) is 0.489. The van der Waals surface area contributed by atoms with Crippen molar-refractivity contribution in [2.45, 2.75) is 31.6 Å². The van der Waals surface area contributed by atoms with E-state index in [1.54, 1.807) is 4.31 Å². The minimum absolute atomic E-state index is 0.167. The summed E-state index contributed by atoms with van der Waals surface area (Å²) in [5.41, 5.74) is 10.7. The van der Waals surface area contributed by atoms with Crippen LogP contribution in [0.5, 0.6) is 0 Å². The van der Waals surface area contributed by atoms with Crippen LogP contribution in [0.2, 0.25) is 0 Å². The molecule has 0 saturated carbocycles. The molecular formula is C26H34N4O3S. The SMILES string of the molecule is CN(C)CCCS(=O)(=O)N1CCC(c2c[nH]c3c(CC(N)=O)cc(-c4ccccc4)cc23)CC1. The molecule has 7 nitrogen and oxygen atoms in total. The number of nitrogens with two attached hydrogens (primary N) is 1. The van der Waals surface area contributed by atoms with Crippen LogP contribution in [0.1, 0.15) is 36.3 Å². The number of sulfonamides is 1. The number of piperidine rings is 1. The smallest absolute Gasteiger partial charge is 0.221 e. The average Bonchev–Trinajstić information content (AvgIpc) is 3.23. The lowest BCUT2D eigenvalue weighted by Gasteiger charge is -2.31. The van der Waals surface area contributed by atoms with Gasteiger partial charge in [-0.05, 0) is 80.2 Å². The maximum atomic E-state index is 12.8. The number of aromatic amines is 1. The molecule has 1 aliphatic rings. The van der Waals surface area contributed by atoms with Gasteiger partial charge in [-0.2, -0.15) is 0 Å². The summed E-state index contributed by atoms with van der Waals surface area (Å²) in [7, 11) is 0.682. The number of H-pyrrole nitrogens is 1. The molecule has 34 heavy (non-hydrogen) atoms. The molecule has 0 radical (unpaired) electrons. The highest BCUT2D eigenvalue weighted by molar-refractivity contribution is 7.89. The van der Waals surface area contributed by atoms with E-state index in [-0.39, 0.29) is 24.0 Å². The molecule has 1 saturated heterocycles. The summed E-state index contributed by atoms with van der Waals surface area (Å²) in [6.07, 6.45) is 4.39. The maximum absolute atomic E-state index is 12.8. The highest BCUT2D eigenvalue weighted by atomic mass is 32.2. The zero-order chi connectivity index (χ0) is 24.3. The molecule has 1 fully saturated rings. The molecule has 1 amide bonds. The Bertz CT molecular complexity index is 1240. The van der Waals surface area contributed by atoms with E-state index in [9.17, 15) is 13.2 Å². The van der Waals surface area contributed by atoms with Gasteiger partial charge in [0.25, 0.3) is 0 Å². The fourth-order valence-corrected chi connectivity index (χ4v) is 6.45. The van der Waals surface area contributed by atoms with Crippen LogP contribution in [0.3, 0.4) is 0 Å². The van der Waals surface area contributed by atoms with Gasteiger partial charge in [0.05, 0.1) is 12.2 Å². The van der Waals surface area contributed by atoms with Gasteiger partial charge in [-0.3, -0.25) is 4.79 Å². The van der Waals surface area contributed by atoms with Crippen molar-refractivity contribution in [3.8, 4) is 11.1 Å². The van der Waals surface area contributed by atoms with Crippen LogP contribution < -0.4 is 5.73 Å². The van der Waals surface area contributed by atoms with Crippen LogP contribution in [0.15, 0.2) is 48.7 Å². The second-order valence-corrected chi connectivity index (χ2v) is 11.5. The van der Waals surface area contributed by atoms with Crippen LogP contribution in [-0.4, -0.2) is 68.0 Å². The molecule has 0 bridgehead atoms. The number of fused-ring (bicyclic) bond motifs is 1. The normalized spacial score (nSPS) is 15.9. The fourth-order valence-electron chi connectivity index (χ4n) is 4.93. The maximum Gasteiger partial charge on any atom is 0.221 e. The second-order valence-electron chi connectivity index (χ2n) is 9.46. The molecule has 0 aliphatic carbocycles. The van der Waals surface area contributed by atoms with Gasteiger partial charge in [0.1, 0.15) is 0 Å². The van der Waals surface area contributed by atoms with E-state index in [1.807, 2.05) is 49.5 Å². The van der Waals surface area contributed by atoms with Gasteiger partial charge in [-0.15, -0.1) is 0 Å². The summed E-state index contributed by atoms with van der Waals surface area (Å²) < 4.78 is 27.2. The van der Waals surface area contributed by atoms with Crippen molar-refractivity contribution in [1.29, 1.82) is 0 Å². The molecule has 4 rings (SSSR count). The Balaban J connectivity index is 1.57. The van der Waals surface area contributed by atoms with Gasteiger partial charge in [0.15, 0.2) is 0 Å². The summed E-state index contributed by atoms with van der Waals surface area (Å²) >= 11 is 0. The average molecular weight is 483 g/mol. The Kier molecular flexibility index (Phi) is 7.40. The Labute approximate surface area is 202 Å². The van der Waals surface area contributed by atoms with Gasteiger partial charge in [-0.25, -0.2) is 12.7 Å². The minimum Gasteiger partial charge on any atom is -0.369 e. The molecule has 3 N–H and O–H groups in total. The van der Waals surface area contributed by atoms with Crippen molar-refractivity contribution in [2.75, 3.05) is 39.5 Å². The number of aromatic nitrogens is 1. The number of hydrogen-bond donors (Lipinski definition) is 2. The predicted octanol–water partition coefficient (Wildman–Crippen LogP) is 3.32. The molecule has 1 aliphatic heterocycles. The van der Waals surface area contributed by atoms with Gasteiger partial charge in [0, 0.05) is 30.2 Å². The number of primary amides is 1. The van der Waals surface area contributed by atoms with E-state index >= 15 is 0 Å². The Hall–Kier alpha value is -2.68. The molecule has 0 spiro atoms. The first-order valence-electron chi connectivity index (χ1n) is 11.8. The molecule has 182 valence electrons. The van der Waals surface area contributed by atoms with Gasteiger partial charge >= 0.3 is 0 Å². The molecule has 3 aromatic rings. The molecule has 0 unspecified atom stereocenters. The molecule has 1 aromatic heterocycles. The summed E-state index contributed by atoms with van der Waals surface area (Å²) in [5.74, 6) is 0.0877. The van der Waals surface area contributed by atoms with Crippen LogP contribution >= 0.6 is 0 Å². The van der Waals surface area contributed by atoms with Crippen LogP contribution in [0, 0.1) is 0 Å². The third kappa shape index (κ3) is 5.51. The monoisotopic (exact) mass is 482 g/mol. The third-order valence-corrected chi connectivity index (χ3v) is 8.63. The van der Waals surface area contributed by atoms with E-state index in [1.165, 1.54) is 5.56 Å². The lowest BCUT2D eigenvalue weighted by molar-refractivity contribution is -0.117. The Morgan fingerprint density at radius 1 is 1.12 bits per heavy atom. The lowest BCUT2D eigenvalue weighted by atomic mass is 9.88. The topological polar surface area (TPSA) is 99.5 Å². The van der Waals surface area contributed by atoms with Crippen molar-refractivity contribution in [2.24, 2.45) is 5.73 Å². The molecule has 2 heterocycles. The second kappa shape index (κ2) is 10.3. The minimum atomic E-state index is -3.23. The number of carbonyl (C=O) groups is 1. The first kappa shape index (κ1) is 24.4. The van der Waals surface area contributed by atoms with Crippen LogP contribution in [0.25, 0.3) is 22.0 Å². The molecule has 2 aromatic carbocycles. The highest BCUT2D eigenvalue weighted by Gasteiger charge is 2.29. The zero-order valence-electron chi connectivity index (χ0n) is 20.0.